The van der Waals surface area contributed by atoms with E-state index < -0.39 is 15.7 Å². The third kappa shape index (κ3) is 3.24. The summed E-state index contributed by atoms with van der Waals surface area (Å²) < 4.78 is 36.3. The van der Waals surface area contributed by atoms with Crippen LogP contribution in [0.25, 0.3) is 10.9 Å². The van der Waals surface area contributed by atoms with E-state index >= 15 is 0 Å². The van der Waals surface area contributed by atoms with Crippen molar-refractivity contribution >= 4 is 32.3 Å². The third-order valence-corrected chi connectivity index (χ3v) is 4.46. The molecule has 0 aliphatic carbocycles. The van der Waals surface area contributed by atoms with E-state index in [0.717, 1.165) is 6.26 Å². The van der Waals surface area contributed by atoms with Crippen LogP contribution >= 0.6 is 0 Å². The number of carbonyl (C=O) groups is 1. The van der Waals surface area contributed by atoms with Crippen molar-refractivity contribution in [2.75, 3.05) is 11.6 Å². The largest absolute Gasteiger partial charge is 0.351 e. The summed E-state index contributed by atoms with van der Waals surface area (Å²) in [5, 5.41) is 3.20. The summed E-state index contributed by atoms with van der Waals surface area (Å²) in [6.07, 6.45) is 1.10. The molecule has 0 radical (unpaired) electrons. The minimum atomic E-state index is -3.35. The Labute approximate surface area is 132 Å². The van der Waals surface area contributed by atoms with E-state index in [1.165, 1.54) is 30.3 Å². The maximum absolute atomic E-state index is 13.2. The number of aromatic nitrogens is 1. The van der Waals surface area contributed by atoms with E-state index in [1.807, 2.05) is 0 Å². The fourth-order valence-electron chi connectivity index (χ4n) is 2.23. The summed E-state index contributed by atoms with van der Waals surface area (Å²) in [5.41, 5.74) is 1.26. The lowest BCUT2D eigenvalue weighted by atomic mass is 10.2. The van der Waals surface area contributed by atoms with Crippen molar-refractivity contribution in [1.82, 2.24) is 4.98 Å². The van der Waals surface area contributed by atoms with Gasteiger partial charge >= 0.3 is 0 Å². The lowest BCUT2D eigenvalue weighted by Gasteiger charge is -2.05. The molecular formula is C16H13FN2O3S. The Kier molecular flexibility index (Phi) is 3.65. The molecule has 2 N–H and O–H groups in total. The van der Waals surface area contributed by atoms with Crippen molar-refractivity contribution in [3.05, 3.63) is 60.0 Å². The van der Waals surface area contributed by atoms with E-state index in [-0.39, 0.29) is 16.4 Å². The lowest BCUT2D eigenvalue weighted by molar-refractivity contribution is 0.102. The molecule has 118 valence electrons. The first-order chi connectivity index (χ1) is 10.8. The second-order valence-corrected chi connectivity index (χ2v) is 7.18. The summed E-state index contributed by atoms with van der Waals surface area (Å²) in [7, 11) is -3.35. The van der Waals surface area contributed by atoms with Crippen molar-refractivity contribution in [3.8, 4) is 0 Å². The number of amides is 1. The molecule has 0 bridgehead atoms. The molecule has 7 heteroatoms. The number of carbonyl (C=O) groups excluding carboxylic acids is 1. The highest BCUT2D eigenvalue weighted by Crippen LogP contribution is 2.19. The molecule has 0 aliphatic heterocycles. The minimum absolute atomic E-state index is 0.119. The Morgan fingerprint density at radius 1 is 1.13 bits per heavy atom. The van der Waals surface area contributed by atoms with Gasteiger partial charge < -0.3 is 10.3 Å². The molecule has 5 nitrogen and oxygen atoms in total. The van der Waals surface area contributed by atoms with Crippen molar-refractivity contribution < 1.29 is 17.6 Å². The van der Waals surface area contributed by atoms with Gasteiger partial charge in [0.15, 0.2) is 9.84 Å². The van der Waals surface area contributed by atoms with Gasteiger partial charge in [-0.25, -0.2) is 12.8 Å². The average Bonchev–Trinajstić information content (AvgIpc) is 2.90. The highest BCUT2D eigenvalue weighted by Gasteiger charge is 2.12. The van der Waals surface area contributed by atoms with Gasteiger partial charge in [-0.2, -0.15) is 0 Å². The fourth-order valence-corrected chi connectivity index (χ4v) is 2.90. The number of nitrogens with one attached hydrogen (secondary N) is 2. The molecule has 23 heavy (non-hydrogen) atoms. The topological polar surface area (TPSA) is 79.0 Å². The van der Waals surface area contributed by atoms with Crippen LogP contribution in [0.15, 0.2) is 53.4 Å². The van der Waals surface area contributed by atoms with Gasteiger partial charge in [0.25, 0.3) is 5.91 Å². The van der Waals surface area contributed by atoms with Gasteiger partial charge in [-0.3, -0.25) is 4.79 Å². The normalized spacial score (nSPS) is 11.6. The number of hydrogen-bond donors (Lipinski definition) is 2. The first kappa shape index (κ1) is 15.2. The molecule has 1 heterocycles. The van der Waals surface area contributed by atoms with Gasteiger partial charge in [0.2, 0.25) is 0 Å². The number of hydrogen-bond acceptors (Lipinski definition) is 3. The van der Waals surface area contributed by atoms with Crippen LogP contribution in [0, 0.1) is 5.82 Å². The summed E-state index contributed by atoms with van der Waals surface area (Å²) in [4.78, 5) is 15.3. The zero-order valence-electron chi connectivity index (χ0n) is 12.1. The summed E-state index contributed by atoms with van der Waals surface area (Å²) in [6, 6.07) is 11.7. The van der Waals surface area contributed by atoms with Crippen molar-refractivity contribution in [2.24, 2.45) is 0 Å². The van der Waals surface area contributed by atoms with Crippen LogP contribution in [0.2, 0.25) is 0 Å². The number of anilines is 1. The van der Waals surface area contributed by atoms with Crippen LogP contribution < -0.4 is 5.32 Å². The SMILES string of the molecule is CS(=O)(=O)c1cccc(NC(=O)c2cc3cc(F)ccc3[nH]2)c1. The standard InChI is InChI=1S/C16H13FN2O3S/c1-23(21,22)13-4-2-3-12(9-13)18-16(20)15-8-10-7-11(17)5-6-14(10)19-15/h2-9,19H,1H3,(H,18,20). The maximum Gasteiger partial charge on any atom is 0.272 e. The van der Waals surface area contributed by atoms with E-state index in [0.29, 0.717) is 16.6 Å². The highest BCUT2D eigenvalue weighted by molar-refractivity contribution is 7.90. The van der Waals surface area contributed by atoms with E-state index in [2.05, 4.69) is 10.3 Å². The number of fused-ring (bicyclic) bond motifs is 1. The first-order valence-electron chi connectivity index (χ1n) is 6.73. The predicted octanol–water partition coefficient (Wildman–Crippen LogP) is 2.96. The van der Waals surface area contributed by atoms with Gasteiger partial charge in [0.1, 0.15) is 11.5 Å². The molecule has 0 unspecified atom stereocenters. The van der Waals surface area contributed by atoms with Crippen LogP contribution in [0.3, 0.4) is 0 Å². The average molecular weight is 332 g/mol. The molecular weight excluding hydrogens is 319 g/mol. The van der Waals surface area contributed by atoms with Crippen molar-refractivity contribution in [2.45, 2.75) is 4.90 Å². The van der Waals surface area contributed by atoms with E-state index in [9.17, 15) is 17.6 Å². The van der Waals surface area contributed by atoms with Crippen LogP contribution in [-0.4, -0.2) is 25.6 Å². The summed E-state index contributed by atoms with van der Waals surface area (Å²) in [6.45, 7) is 0. The maximum atomic E-state index is 13.2. The Bertz CT molecular complexity index is 1010. The smallest absolute Gasteiger partial charge is 0.272 e. The molecule has 0 fully saturated rings. The first-order valence-corrected chi connectivity index (χ1v) is 8.62. The Balaban J connectivity index is 1.88. The number of H-pyrrole nitrogens is 1. The second kappa shape index (κ2) is 5.51. The predicted molar refractivity (Wildman–Crippen MR) is 85.8 cm³/mol. The molecule has 0 spiro atoms. The second-order valence-electron chi connectivity index (χ2n) is 5.17. The number of rotatable bonds is 3. The molecule has 0 saturated heterocycles. The van der Waals surface area contributed by atoms with Gasteiger partial charge in [0, 0.05) is 22.8 Å². The van der Waals surface area contributed by atoms with Gasteiger partial charge in [0.05, 0.1) is 4.90 Å². The Hall–Kier alpha value is -2.67. The van der Waals surface area contributed by atoms with E-state index in [1.54, 1.807) is 18.2 Å². The number of aromatic amines is 1. The van der Waals surface area contributed by atoms with Gasteiger partial charge in [-0.1, -0.05) is 6.07 Å². The minimum Gasteiger partial charge on any atom is -0.351 e. The molecule has 0 atom stereocenters. The Morgan fingerprint density at radius 3 is 2.65 bits per heavy atom. The van der Waals surface area contributed by atoms with Crippen molar-refractivity contribution in [3.63, 3.8) is 0 Å². The number of benzene rings is 2. The van der Waals surface area contributed by atoms with Crippen LogP contribution in [0.5, 0.6) is 0 Å². The quantitative estimate of drug-likeness (QED) is 0.774. The van der Waals surface area contributed by atoms with E-state index in [4.69, 9.17) is 0 Å². The summed E-state index contributed by atoms with van der Waals surface area (Å²) in [5.74, 6) is -0.823. The zero-order valence-corrected chi connectivity index (χ0v) is 12.9. The van der Waals surface area contributed by atoms with Crippen LogP contribution in [0.1, 0.15) is 10.5 Å². The van der Waals surface area contributed by atoms with Gasteiger partial charge in [-0.15, -0.1) is 0 Å². The Morgan fingerprint density at radius 2 is 1.91 bits per heavy atom. The lowest BCUT2D eigenvalue weighted by Crippen LogP contribution is -2.12. The molecule has 3 rings (SSSR count). The molecule has 3 aromatic rings. The number of sulfone groups is 1. The highest BCUT2D eigenvalue weighted by atomic mass is 32.2. The van der Waals surface area contributed by atoms with Gasteiger partial charge in [-0.05, 0) is 42.5 Å². The fraction of sp³-hybridized carbons (Fsp3) is 0.0625. The zero-order chi connectivity index (χ0) is 16.6. The van der Waals surface area contributed by atoms with Crippen LogP contribution in [-0.2, 0) is 9.84 Å². The van der Waals surface area contributed by atoms with Crippen LogP contribution in [0.4, 0.5) is 10.1 Å². The van der Waals surface area contributed by atoms with Crippen molar-refractivity contribution in [1.29, 1.82) is 0 Å². The number of halogens is 1. The molecule has 1 aromatic heterocycles. The molecule has 0 aliphatic rings. The summed E-state index contributed by atoms with van der Waals surface area (Å²) >= 11 is 0. The molecule has 2 aromatic carbocycles. The molecule has 1 amide bonds. The molecule has 0 saturated carbocycles. The monoisotopic (exact) mass is 332 g/mol. The third-order valence-electron chi connectivity index (χ3n) is 3.35.